The highest BCUT2D eigenvalue weighted by Crippen LogP contribution is 2.34. The molecule has 0 N–H and O–H groups in total. The van der Waals surface area contributed by atoms with Gasteiger partial charge in [-0.25, -0.2) is 0 Å². The number of methoxy groups -OCH3 is 1. The van der Waals surface area contributed by atoms with Gasteiger partial charge in [0.25, 0.3) is 5.89 Å². The zero-order chi connectivity index (χ0) is 35.9. The molecule has 3 aromatic heterocycles. The average molecular weight is 695 g/mol. The van der Waals surface area contributed by atoms with E-state index in [0.717, 1.165) is 52.4 Å². The second-order valence-electron chi connectivity index (χ2n) is 11.9. The monoisotopic (exact) mass is 694 g/mol. The number of furan rings is 2. The number of epoxide rings is 2. The van der Waals surface area contributed by atoms with Crippen LogP contribution in [0.15, 0.2) is 80.1 Å². The summed E-state index contributed by atoms with van der Waals surface area (Å²) in [4.78, 5) is 26.8. The first-order chi connectivity index (χ1) is 24.7. The molecule has 3 aromatic carbocycles. The standard InChI is InChI=1S/C14H14O4.C13H12O4.C12H12N2O2/c1-8-13-11(17-7-10-6-16-10)4-3-5-12(13)18-14(8)9(2)15;1-8(14)13-5-10-11(16-7-9-6-15-9)3-2-4-12(10)17-13;1-9-13-12(16-14-9)8-7-10-5-3-4-6-11(10)15-2/h3-5,10H,6-7H2,1-2H3;2-5,9H,6-7H2,1H3;3-8H,1-2H3/b;;8-7+/t10-;9-;/m00./s1. The van der Waals surface area contributed by atoms with Gasteiger partial charge in [0.1, 0.15) is 53.8 Å². The largest absolute Gasteiger partial charge is 0.496 e. The molecule has 0 amide bonds. The van der Waals surface area contributed by atoms with Gasteiger partial charge in [0.2, 0.25) is 0 Å². The number of ether oxygens (including phenoxy) is 5. The number of fused-ring (bicyclic) bond motifs is 2. The Morgan fingerprint density at radius 1 is 0.804 bits per heavy atom. The number of hydrogen-bond donors (Lipinski definition) is 0. The fourth-order valence-corrected chi connectivity index (χ4v) is 5.10. The van der Waals surface area contributed by atoms with E-state index < -0.39 is 0 Å². The first-order valence-electron chi connectivity index (χ1n) is 16.4. The lowest BCUT2D eigenvalue weighted by atomic mass is 10.1. The molecule has 12 nitrogen and oxygen atoms in total. The van der Waals surface area contributed by atoms with E-state index >= 15 is 0 Å². The Hall–Kier alpha value is -5.72. The number of nitrogens with zero attached hydrogens (tertiary/aromatic N) is 2. The Bertz CT molecular complexity index is 2170. The lowest BCUT2D eigenvalue weighted by molar-refractivity contribution is 0.0981. The molecule has 6 aromatic rings. The molecule has 0 bridgehead atoms. The second-order valence-corrected chi connectivity index (χ2v) is 11.9. The summed E-state index contributed by atoms with van der Waals surface area (Å²) in [6.45, 7) is 9.25. The van der Waals surface area contributed by atoms with Crippen molar-refractivity contribution in [1.82, 2.24) is 10.1 Å². The van der Waals surface area contributed by atoms with Gasteiger partial charge in [-0.15, -0.1) is 0 Å². The van der Waals surface area contributed by atoms with Crippen LogP contribution in [0.3, 0.4) is 0 Å². The Labute approximate surface area is 293 Å². The molecule has 0 saturated carbocycles. The number of aryl methyl sites for hydroxylation is 2. The summed E-state index contributed by atoms with van der Waals surface area (Å²) in [6, 6.07) is 20.6. The van der Waals surface area contributed by atoms with Crippen molar-refractivity contribution >= 4 is 45.7 Å². The van der Waals surface area contributed by atoms with Gasteiger partial charge >= 0.3 is 0 Å². The number of aromatic nitrogens is 2. The van der Waals surface area contributed by atoms with Crippen molar-refractivity contribution in [3.05, 3.63) is 101 Å². The van der Waals surface area contributed by atoms with Crippen molar-refractivity contribution in [1.29, 1.82) is 0 Å². The highest BCUT2D eigenvalue weighted by atomic mass is 16.6. The lowest BCUT2D eigenvalue weighted by Crippen LogP contribution is -2.04. The molecular weight excluding hydrogens is 656 g/mol. The van der Waals surface area contributed by atoms with Crippen molar-refractivity contribution in [3.63, 3.8) is 0 Å². The van der Waals surface area contributed by atoms with E-state index in [1.165, 1.54) is 13.8 Å². The zero-order valence-corrected chi connectivity index (χ0v) is 29.0. The smallest absolute Gasteiger partial charge is 0.250 e. The summed E-state index contributed by atoms with van der Waals surface area (Å²) < 4.78 is 42.7. The molecule has 2 atom stereocenters. The number of hydrogen-bond acceptors (Lipinski definition) is 12. The molecule has 0 unspecified atom stereocenters. The zero-order valence-electron chi connectivity index (χ0n) is 29.0. The van der Waals surface area contributed by atoms with E-state index in [1.807, 2.05) is 73.7 Å². The van der Waals surface area contributed by atoms with Crippen molar-refractivity contribution in [3.8, 4) is 17.2 Å². The summed E-state index contributed by atoms with van der Waals surface area (Å²) in [7, 11) is 1.64. The van der Waals surface area contributed by atoms with Crippen molar-refractivity contribution in [2.24, 2.45) is 0 Å². The molecule has 2 fully saturated rings. The normalized spacial score (nSPS) is 15.9. The maximum atomic E-state index is 11.5. The Morgan fingerprint density at radius 2 is 1.45 bits per heavy atom. The van der Waals surface area contributed by atoms with Crippen LogP contribution in [-0.4, -0.2) is 67.5 Å². The highest BCUT2D eigenvalue weighted by molar-refractivity contribution is 6.00. The summed E-state index contributed by atoms with van der Waals surface area (Å²) in [5.74, 6) is 4.02. The maximum Gasteiger partial charge on any atom is 0.250 e. The number of Topliss-reactive ketones (excluding diaryl/α,β-unsaturated/α-hetero) is 2. The fourth-order valence-electron chi connectivity index (χ4n) is 5.10. The van der Waals surface area contributed by atoms with Crippen LogP contribution < -0.4 is 14.2 Å². The molecule has 2 aliphatic heterocycles. The van der Waals surface area contributed by atoms with E-state index in [2.05, 4.69) is 10.1 Å². The number of ketones is 2. The topological polar surface area (TPSA) is 152 Å². The second kappa shape index (κ2) is 15.9. The van der Waals surface area contributed by atoms with E-state index in [-0.39, 0.29) is 23.8 Å². The third-order valence-corrected chi connectivity index (χ3v) is 7.85. The van der Waals surface area contributed by atoms with E-state index in [9.17, 15) is 9.59 Å². The number of para-hydroxylation sites is 1. The number of benzene rings is 3. The summed E-state index contributed by atoms with van der Waals surface area (Å²) in [6.07, 6.45) is 4.06. The van der Waals surface area contributed by atoms with Crippen LogP contribution in [-0.2, 0) is 9.47 Å². The molecule has 2 saturated heterocycles. The van der Waals surface area contributed by atoms with Crippen LogP contribution in [0, 0.1) is 13.8 Å². The molecular formula is C39H38N2O10. The van der Waals surface area contributed by atoms with Crippen molar-refractivity contribution in [2.75, 3.05) is 33.5 Å². The molecule has 51 heavy (non-hydrogen) atoms. The molecule has 0 aliphatic carbocycles. The predicted molar refractivity (Wildman–Crippen MR) is 189 cm³/mol. The minimum atomic E-state index is -0.0855. The third-order valence-electron chi connectivity index (χ3n) is 7.85. The van der Waals surface area contributed by atoms with Crippen LogP contribution in [0.2, 0.25) is 0 Å². The quantitative estimate of drug-likeness (QED) is 0.0965. The van der Waals surface area contributed by atoms with Gasteiger partial charge in [-0.3, -0.25) is 9.59 Å². The van der Waals surface area contributed by atoms with E-state index in [0.29, 0.717) is 47.6 Å². The minimum Gasteiger partial charge on any atom is -0.496 e. The highest BCUT2D eigenvalue weighted by Gasteiger charge is 2.25. The number of rotatable bonds is 11. The van der Waals surface area contributed by atoms with Gasteiger partial charge in [-0.1, -0.05) is 35.5 Å². The molecule has 8 rings (SSSR count). The summed E-state index contributed by atoms with van der Waals surface area (Å²) in [5, 5.41) is 5.41. The molecule has 0 radical (unpaired) electrons. The van der Waals surface area contributed by atoms with Gasteiger partial charge < -0.3 is 37.0 Å². The molecule has 12 heteroatoms. The van der Waals surface area contributed by atoms with Crippen LogP contribution in [0.25, 0.3) is 34.1 Å². The van der Waals surface area contributed by atoms with Gasteiger partial charge in [0, 0.05) is 31.1 Å². The van der Waals surface area contributed by atoms with Crippen molar-refractivity contribution in [2.45, 2.75) is 39.9 Å². The Kier molecular flexibility index (Phi) is 10.9. The number of carbonyl (C=O) groups excluding carboxylic acids is 2. The SMILES string of the molecule is CC(=O)c1cc2c(OC[C@@H]3CO3)cccc2o1.CC(=O)c1oc2cccc(OC[C@@H]3CO3)c2c1C.COc1ccccc1/C=C/c1nc(C)no1. The predicted octanol–water partition coefficient (Wildman–Crippen LogP) is 7.69. The molecule has 0 spiro atoms. The van der Waals surface area contributed by atoms with Crippen LogP contribution in [0.5, 0.6) is 17.2 Å². The van der Waals surface area contributed by atoms with Gasteiger partial charge in [-0.05, 0) is 56.3 Å². The minimum absolute atomic E-state index is 0.0693. The number of carbonyl (C=O) groups is 2. The Balaban J connectivity index is 0.000000132. The first-order valence-corrected chi connectivity index (χ1v) is 16.4. The van der Waals surface area contributed by atoms with E-state index in [1.54, 1.807) is 26.2 Å². The fraction of sp³-hybridized carbons (Fsp3) is 0.282. The third kappa shape index (κ3) is 9.10. The summed E-state index contributed by atoms with van der Waals surface area (Å²) >= 11 is 0. The van der Waals surface area contributed by atoms with Gasteiger partial charge in [-0.2, -0.15) is 4.98 Å². The van der Waals surface area contributed by atoms with Crippen LogP contribution in [0.1, 0.15) is 57.8 Å². The Morgan fingerprint density at radius 3 is 2.08 bits per heavy atom. The first kappa shape index (κ1) is 35.1. The van der Waals surface area contributed by atoms with Gasteiger partial charge in [0.15, 0.2) is 28.9 Å². The van der Waals surface area contributed by atoms with Gasteiger partial charge in [0.05, 0.1) is 31.1 Å². The van der Waals surface area contributed by atoms with E-state index in [4.69, 9.17) is 37.0 Å². The molecule has 2 aliphatic rings. The van der Waals surface area contributed by atoms with Crippen LogP contribution >= 0.6 is 0 Å². The molecule has 5 heterocycles. The van der Waals surface area contributed by atoms with Crippen LogP contribution in [0.4, 0.5) is 0 Å². The molecule has 264 valence electrons. The van der Waals surface area contributed by atoms with Crippen molar-refractivity contribution < 1.29 is 46.6 Å². The maximum absolute atomic E-state index is 11.5. The average Bonchev–Trinajstić information content (AvgIpc) is 4.03. The lowest BCUT2D eigenvalue weighted by Gasteiger charge is -2.05. The summed E-state index contributed by atoms with van der Waals surface area (Å²) in [5.41, 5.74) is 3.17.